The Hall–Kier alpha value is -2.87. The highest BCUT2D eigenvalue weighted by molar-refractivity contribution is 7.20. The number of hydrogen-bond donors (Lipinski definition) is 1. The number of hydrogen-bond acceptors (Lipinski definition) is 7. The van der Waals surface area contributed by atoms with Gasteiger partial charge >= 0.3 is 0 Å². The van der Waals surface area contributed by atoms with Gasteiger partial charge in [-0.1, -0.05) is 0 Å². The third-order valence-corrected chi connectivity index (χ3v) is 5.81. The van der Waals surface area contributed by atoms with Crippen LogP contribution in [0.2, 0.25) is 0 Å². The topological polar surface area (TPSA) is 76.6 Å². The second-order valence-electron chi connectivity index (χ2n) is 6.13. The Kier molecular flexibility index (Phi) is 4.57. The number of anilines is 2. The highest BCUT2D eigenvalue weighted by Crippen LogP contribution is 2.37. The van der Waals surface area contributed by atoms with E-state index in [0.717, 1.165) is 34.7 Å². The number of fused-ring (bicyclic) bond motifs is 2. The average molecular weight is 384 g/mol. The van der Waals surface area contributed by atoms with Crippen LogP contribution in [0.1, 0.15) is 29.1 Å². The molecule has 0 saturated carbocycles. The zero-order valence-corrected chi connectivity index (χ0v) is 16.2. The van der Waals surface area contributed by atoms with E-state index in [9.17, 15) is 4.79 Å². The van der Waals surface area contributed by atoms with Gasteiger partial charge in [0.1, 0.15) is 17.0 Å². The normalized spacial score (nSPS) is 12.4. The molecule has 0 unspecified atom stereocenters. The summed E-state index contributed by atoms with van der Waals surface area (Å²) in [4.78, 5) is 25.4. The van der Waals surface area contributed by atoms with Crippen molar-refractivity contribution in [3.63, 3.8) is 0 Å². The van der Waals surface area contributed by atoms with Gasteiger partial charge in [-0.2, -0.15) is 0 Å². The van der Waals surface area contributed by atoms with E-state index in [2.05, 4.69) is 34.0 Å². The van der Waals surface area contributed by atoms with E-state index in [1.54, 1.807) is 24.5 Å². The fraction of sp³-hybridized carbons (Fsp3) is 0.316. The van der Waals surface area contributed by atoms with Gasteiger partial charge in [-0.3, -0.25) is 4.79 Å². The van der Waals surface area contributed by atoms with Crippen molar-refractivity contribution in [2.45, 2.75) is 20.8 Å². The van der Waals surface area contributed by atoms with E-state index < -0.39 is 0 Å². The Bertz CT molecular complexity index is 1010. The first-order valence-corrected chi connectivity index (χ1v) is 9.64. The number of aromatic nitrogens is 2. The fourth-order valence-electron chi connectivity index (χ4n) is 3.19. The van der Waals surface area contributed by atoms with Crippen molar-refractivity contribution < 1.29 is 14.3 Å². The number of rotatable bonds is 5. The standard InChI is InChI=1S/C19H20N4O3S/c1-4-23(5-2)17-15-11(3)16(27-19(15)21-9-20-17)18(24)22-12-6-7-13-14(8-12)26-10-25-13/h6-9H,4-5,10H2,1-3H3,(H,22,24). The summed E-state index contributed by atoms with van der Waals surface area (Å²) in [5.74, 6) is 2.03. The molecule has 2 aromatic heterocycles. The van der Waals surface area contributed by atoms with Crippen LogP contribution in [-0.4, -0.2) is 35.8 Å². The molecule has 1 aliphatic rings. The number of thiophene rings is 1. The number of aryl methyl sites for hydroxylation is 1. The highest BCUT2D eigenvalue weighted by Gasteiger charge is 2.22. The van der Waals surface area contributed by atoms with Crippen molar-refractivity contribution in [1.82, 2.24) is 9.97 Å². The minimum Gasteiger partial charge on any atom is -0.454 e. The smallest absolute Gasteiger partial charge is 0.266 e. The molecule has 3 aromatic rings. The number of carbonyl (C=O) groups is 1. The summed E-state index contributed by atoms with van der Waals surface area (Å²) >= 11 is 1.38. The average Bonchev–Trinajstić information content (AvgIpc) is 3.27. The molecule has 1 N–H and O–H groups in total. The Labute approximate surface area is 160 Å². The molecule has 0 fully saturated rings. The quantitative estimate of drug-likeness (QED) is 0.720. The van der Waals surface area contributed by atoms with Gasteiger partial charge in [-0.05, 0) is 38.5 Å². The van der Waals surface area contributed by atoms with Crippen LogP contribution in [0.15, 0.2) is 24.5 Å². The molecule has 0 radical (unpaired) electrons. The van der Waals surface area contributed by atoms with Crippen molar-refractivity contribution in [2.24, 2.45) is 0 Å². The molecule has 0 aliphatic carbocycles. The summed E-state index contributed by atoms with van der Waals surface area (Å²) in [6.07, 6.45) is 1.56. The monoisotopic (exact) mass is 384 g/mol. The van der Waals surface area contributed by atoms with Crippen LogP contribution in [0.4, 0.5) is 11.5 Å². The lowest BCUT2D eigenvalue weighted by atomic mass is 10.2. The van der Waals surface area contributed by atoms with Crippen LogP contribution >= 0.6 is 11.3 Å². The lowest BCUT2D eigenvalue weighted by molar-refractivity contribution is 0.103. The maximum Gasteiger partial charge on any atom is 0.266 e. The second kappa shape index (κ2) is 7.03. The fourth-order valence-corrected chi connectivity index (χ4v) is 4.23. The van der Waals surface area contributed by atoms with Crippen molar-refractivity contribution in [2.75, 3.05) is 30.1 Å². The Morgan fingerprint density at radius 2 is 2.00 bits per heavy atom. The molecule has 0 spiro atoms. The molecule has 0 saturated heterocycles. The molecular formula is C19H20N4O3S. The van der Waals surface area contributed by atoms with Gasteiger partial charge in [0.05, 0.1) is 10.3 Å². The molecule has 3 heterocycles. The minimum absolute atomic E-state index is 0.167. The maximum atomic E-state index is 12.9. The van der Waals surface area contributed by atoms with Crippen LogP contribution in [0.25, 0.3) is 10.2 Å². The van der Waals surface area contributed by atoms with Crippen molar-refractivity contribution >= 4 is 39.0 Å². The molecule has 140 valence electrons. The van der Waals surface area contributed by atoms with Gasteiger partial charge in [-0.15, -0.1) is 11.3 Å². The van der Waals surface area contributed by atoms with E-state index in [4.69, 9.17) is 9.47 Å². The van der Waals surface area contributed by atoms with Gasteiger partial charge in [0.15, 0.2) is 11.5 Å². The molecule has 1 aromatic carbocycles. The Morgan fingerprint density at radius 3 is 2.78 bits per heavy atom. The lowest BCUT2D eigenvalue weighted by Gasteiger charge is -2.20. The van der Waals surface area contributed by atoms with Crippen LogP contribution in [0.5, 0.6) is 11.5 Å². The first-order valence-electron chi connectivity index (χ1n) is 8.82. The van der Waals surface area contributed by atoms with E-state index >= 15 is 0 Å². The third kappa shape index (κ3) is 3.06. The Balaban J connectivity index is 1.68. The largest absolute Gasteiger partial charge is 0.454 e. The molecule has 27 heavy (non-hydrogen) atoms. The summed E-state index contributed by atoms with van der Waals surface area (Å²) < 4.78 is 10.7. The number of nitrogens with zero attached hydrogens (tertiary/aromatic N) is 3. The predicted molar refractivity (Wildman–Crippen MR) is 106 cm³/mol. The summed E-state index contributed by atoms with van der Waals surface area (Å²) in [7, 11) is 0. The van der Waals surface area contributed by atoms with E-state index in [-0.39, 0.29) is 12.7 Å². The van der Waals surface area contributed by atoms with Crippen molar-refractivity contribution in [3.8, 4) is 11.5 Å². The summed E-state index contributed by atoms with van der Waals surface area (Å²) in [6, 6.07) is 5.36. The molecule has 8 heteroatoms. The summed E-state index contributed by atoms with van der Waals surface area (Å²) in [6.45, 7) is 8.02. The molecule has 7 nitrogen and oxygen atoms in total. The summed E-state index contributed by atoms with van der Waals surface area (Å²) in [5.41, 5.74) is 1.56. The maximum absolute atomic E-state index is 12.9. The van der Waals surface area contributed by atoms with Crippen molar-refractivity contribution in [1.29, 1.82) is 0 Å². The lowest BCUT2D eigenvalue weighted by Crippen LogP contribution is -2.23. The number of benzene rings is 1. The Morgan fingerprint density at radius 1 is 1.22 bits per heavy atom. The minimum atomic E-state index is -0.167. The third-order valence-electron chi connectivity index (χ3n) is 4.61. The predicted octanol–water partition coefficient (Wildman–Crippen LogP) is 3.83. The van der Waals surface area contributed by atoms with E-state index in [0.29, 0.717) is 22.1 Å². The van der Waals surface area contributed by atoms with Crippen LogP contribution < -0.4 is 19.7 Å². The highest BCUT2D eigenvalue weighted by atomic mass is 32.1. The zero-order valence-electron chi connectivity index (χ0n) is 15.4. The second-order valence-corrected chi connectivity index (χ2v) is 7.13. The van der Waals surface area contributed by atoms with Gasteiger partial charge in [0.25, 0.3) is 5.91 Å². The number of amides is 1. The molecule has 1 aliphatic heterocycles. The van der Waals surface area contributed by atoms with Crippen molar-refractivity contribution in [3.05, 3.63) is 35.0 Å². The van der Waals surface area contributed by atoms with Crippen LogP contribution in [0.3, 0.4) is 0 Å². The number of nitrogens with one attached hydrogen (secondary N) is 1. The van der Waals surface area contributed by atoms with Crippen LogP contribution in [0, 0.1) is 6.92 Å². The van der Waals surface area contributed by atoms with Gasteiger partial charge < -0.3 is 19.7 Å². The number of ether oxygens (including phenoxy) is 2. The molecular weight excluding hydrogens is 364 g/mol. The van der Waals surface area contributed by atoms with E-state index in [1.807, 2.05) is 6.92 Å². The van der Waals surface area contributed by atoms with Gasteiger partial charge in [0, 0.05) is 24.8 Å². The first-order chi connectivity index (χ1) is 13.1. The van der Waals surface area contributed by atoms with Gasteiger partial charge in [0.2, 0.25) is 6.79 Å². The number of carbonyl (C=O) groups excluding carboxylic acids is 1. The zero-order chi connectivity index (χ0) is 19.0. The molecule has 0 atom stereocenters. The van der Waals surface area contributed by atoms with E-state index in [1.165, 1.54) is 11.3 Å². The SMILES string of the molecule is CCN(CC)c1ncnc2sc(C(=O)Nc3ccc4c(c3)OCO4)c(C)c12. The van der Waals surface area contributed by atoms with Crippen LogP contribution in [-0.2, 0) is 0 Å². The molecule has 4 rings (SSSR count). The molecule has 1 amide bonds. The van der Waals surface area contributed by atoms with Gasteiger partial charge in [-0.25, -0.2) is 9.97 Å². The first kappa shape index (κ1) is 17.5. The summed E-state index contributed by atoms with van der Waals surface area (Å²) in [5, 5.41) is 3.89. The molecule has 0 bridgehead atoms.